The van der Waals surface area contributed by atoms with Gasteiger partial charge in [0, 0.05) is 12.6 Å². The van der Waals surface area contributed by atoms with E-state index in [-0.39, 0.29) is 18.2 Å². The minimum atomic E-state index is -0.857. The molecule has 35 heavy (non-hydrogen) atoms. The zero-order valence-corrected chi connectivity index (χ0v) is 20.2. The van der Waals surface area contributed by atoms with Crippen LogP contribution in [0.3, 0.4) is 0 Å². The fraction of sp³-hybridized carbons (Fsp3) is 0.286. The molecule has 1 amide bonds. The summed E-state index contributed by atoms with van der Waals surface area (Å²) in [4.78, 5) is 24.3. The highest BCUT2D eigenvalue weighted by molar-refractivity contribution is 5.97. The van der Waals surface area contributed by atoms with Crippen LogP contribution < -0.4 is 19.5 Å². The summed E-state index contributed by atoms with van der Waals surface area (Å²) in [5.74, 6) is 1.19. The van der Waals surface area contributed by atoms with Crippen LogP contribution in [-0.4, -0.2) is 31.2 Å². The van der Waals surface area contributed by atoms with Crippen molar-refractivity contribution in [3.8, 4) is 23.0 Å². The Morgan fingerprint density at radius 2 is 1.66 bits per heavy atom. The average Bonchev–Trinajstić information content (AvgIpc) is 2.87. The summed E-state index contributed by atoms with van der Waals surface area (Å²) >= 11 is 0. The molecule has 0 aliphatic carbocycles. The average molecular weight is 478 g/mol. The van der Waals surface area contributed by atoms with Crippen LogP contribution in [0.15, 0.2) is 66.7 Å². The zero-order chi connectivity index (χ0) is 25.2. The van der Waals surface area contributed by atoms with E-state index in [9.17, 15) is 14.7 Å². The van der Waals surface area contributed by atoms with Gasteiger partial charge in [0.25, 0.3) is 5.91 Å². The molecule has 3 aromatic rings. The molecule has 0 aromatic heterocycles. The number of aliphatic carboxylic acids is 1. The lowest BCUT2D eigenvalue weighted by molar-refractivity contribution is -0.137. The summed E-state index contributed by atoms with van der Waals surface area (Å²) in [5, 5.41) is 12.2. The summed E-state index contributed by atoms with van der Waals surface area (Å²) < 4.78 is 16.5. The van der Waals surface area contributed by atoms with Gasteiger partial charge >= 0.3 is 5.97 Å². The van der Waals surface area contributed by atoms with E-state index >= 15 is 0 Å². The Morgan fingerprint density at radius 3 is 2.31 bits per heavy atom. The molecule has 7 nitrogen and oxygen atoms in total. The first-order valence-corrected chi connectivity index (χ1v) is 11.5. The fourth-order valence-electron chi connectivity index (χ4n) is 3.86. The Balaban J connectivity index is 1.67. The third-order valence-corrected chi connectivity index (χ3v) is 5.65. The number of hydrogen-bond acceptors (Lipinski definition) is 5. The Morgan fingerprint density at radius 1 is 0.914 bits per heavy atom. The predicted molar refractivity (Wildman–Crippen MR) is 134 cm³/mol. The maximum absolute atomic E-state index is 13.0. The predicted octanol–water partition coefficient (Wildman–Crippen LogP) is 5.78. The summed E-state index contributed by atoms with van der Waals surface area (Å²) in [6.07, 6.45) is 1.60. The molecule has 7 heteroatoms. The molecule has 0 saturated carbocycles. The summed E-state index contributed by atoms with van der Waals surface area (Å²) in [6, 6.07) is 20.1. The first kappa shape index (κ1) is 25.6. The largest absolute Gasteiger partial charge is 0.497 e. The van der Waals surface area contributed by atoms with E-state index in [1.165, 1.54) is 7.11 Å². The molecule has 0 aliphatic rings. The van der Waals surface area contributed by atoms with Gasteiger partial charge < -0.3 is 24.6 Å². The van der Waals surface area contributed by atoms with Crippen molar-refractivity contribution < 1.29 is 28.9 Å². The van der Waals surface area contributed by atoms with Crippen molar-refractivity contribution in [1.82, 2.24) is 5.32 Å². The highest BCUT2D eigenvalue weighted by Crippen LogP contribution is 2.30. The molecule has 0 spiro atoms. The van der Waals surface area contributed by atoms with Crippen LogP contribution in [0.4, 0.5) is 0 Å². The third-order valence-electron chi connectivity index (χ3n) is 5.65. The molecule has 0 aliphatic heterocycles. The second kappa shape index (κ2) is 12.5. The van der Waals surface area contributed by atoms with Crippen LogP contribution in [-0.2, 0) is 11.3 Å². The SMILES string of the molecule is CCC[C@@H](CC(=O)O)c1ccc(OC)c(C(=O)NCc2ccc(Oc3cccc(OC)c3)cc2)c1. The smallest absolute Gasteiger partial charge is 0.303 e. The zero-order valence-electron chi connectivity index (χ0n) is 20.2. The van der Waals surface area contributed by atoms with Crippen LogP contribution in [0.5, 0.6) is 23.0 Å². The van der Waals surface area contributed by atoms with Crippen molar-refractivity contribution in [3.05, 3.63) is 83.4 Å². The van der Waals surface area contributed by atoms with E-state index in [1.54, 1.807) is 25.3 Å². The minimum absolute atomic E-state index is 0.0193. The van der Waals surface area contributed by atoms with Gasteiger partial charge in [-0.05, 0) is 59.9 Å². The molecule has 0 radical (unpaired) electrons. The second-order valence-electron chi connectivity index (χ2n) is 8.15. The van der Waals surface area contributed by atoms with Crippen LogP contribution in [0.1, 0.15) is 53.6 Å². The van der Waals surface area contributed by atoms with Gasteiger partial charge in [0.05, 0.1) is 26.2 Å². The van der Waals surface area contributed by atoms with Crippen LogP contribution in [0, 0.1) is 0 Å². The van der Waals surface area contributed by atoms with E-state index in [1.807, 2.05) is 55.5 Å². The van der Waals surface area contributed by atoms with Gasteiger partial charge in [0.1, 0.15) is 23.0 Å². The molecular formula is C28H31NO6. The van der Waals surface area contributed by atoms with Gasteiger partial charge in [-0.3, -0.25) is 9.59 Å². The van der Waals surface area contributed by atoms with Crippen LogP contribution in [0.2, 0.25) is 0 Å². The summed E-state index contributed by atoms with van der Waals surface area (Å²) in [7, 11) is 3.11. The molecule has 0 unspecified atom stereocenters. The van der Waals surface area contributed by atoms with E-state index in [0.717, 1.165) is 24.0 Å². The summed E-state index contributed by atoms with van der Waals surface area (Å²) in [5.41, 5.74) is 2.11. The highest BCUT2D eigenvalue weighted by Gasteiger charge is 2.19. The highest BCUT2D eigenvalue weighted by atomic mass is 16.5. The number of benzene rings is 3. The van der Waals surface area contributed by atoms with E-state index in [2.05, 4.69) is 5.32 Å². The molecule has 3 aromatic carbocycles. The molecule has 2 N–H and O–H groups in total. The lowest BCUT2D eigenvalue weighted by atomic mass is 9.90. The van der Waals surface area contributed by atoms with Crippen LogP contribution >= 0.6 is 0 Å². The molecule has 0 fully saturated rings. The second-order valence-corrected chi connectivity index (χ2v) is 8.15. The van der Waals surface area contributed by atoms with E-state index in [0.29, 0.717) is 35.1 Å². The maximum Gasteiger partial charge on any atom is 0.303 e. The normalized spacial score (nSPS) is 11.4. The standard InChI is InChI=1S/C28H31NO6/c1-4-6-20(16-27(30)31)21-11-14-26(34-3)25(15-21)28(32)29-18-19-9-12-22(13-10-19)35-24-8-5-7-23(17-24)33-2/h5,7-15,17,20H,4,6,16,18H2,1-3H3,(H,29,32)(H,30,31)/t20-/m0/s1. The first-order valence-electron chi connectivity index (χ1n) is 11.5. The molecule has 0 saturated heterocycles. The van der Waals surface area contributed by atoms with Gasteiger partial charge in [-0.2, -0.15) is 0 Å². The number of amides is 1. The fourth-order valence-corrected chi connectivity index (χ4v) is 3.86. The quantitative estimate of drug-likeness (QED) is 0.343. The Hall–Kier alpha value is -4.00. The van der Waals surface area contributed by atoms with Crippen molar-refractivity contribution in [3.63, 3.8) is 0 Å². The van der Waals surface area contributed by atoms with Gasteiger partial charge in [-0.15, -0.1) is 0 Å². The Bertz CT molecular complexity index is 1140. The number of carboxylic acids is 1. The minimum Gasteiger partial charge on any atom is -0.497 e. The molecule has 0 bridgehead atoms. The van der Waals surface area contributed by atoms with Crippen molar-refractivity contribution in [2.24, 2.45) is 0 Å². The Labute approximate surface area is 205 Å². The molecular weight excluding hydrogens is 446 g/mol. The van der Waals surface area contributed by atoms with Crippen molar-refractivity contribution in [2.45, 2.75) is 38.6 Å². The third kappa shape index (κ3) is 7.24. The number of ether oxygens (including phenoxy) is 3. The van der Waals surface area contributed by atoms with Gasteiger partial charge in [-0.25, -0.2) is 0 Å². The Kier molecular flexibility index (Phi) is 9.12. The number of rotatable bonds is 12. The van der Waals surface area contributed by atoms with E-state index < -0.39 is 5.97 Å². The molecule has 1 atom stereocenters. The monoisotopic (exact) mass is 477 g/mol. The molecule has 0 heterocycles. The maximum atomic E-state index is 13.0. The molecule has 3 rings (SSSR count). The first-order chi connectivity index (χ1) is 16.9. The van der Waals surface area contributed by atoms with E-state index in [4.69, 9.17) is 14.2 Å². The van der Waals surface area contributed by atoms with Crippen molar-refractivity contribution in [1.29, 1.82) is 0 Å². The summed E-state index contributed by atoms with van der Waals surface area (Å²) in [6.45, 7) is 2.33. The van der Waals surface area contributed by atoms with Gasteiger partial charge in [0.2, 0.25) is 0 Å². The number of carbonyl (C=O) groups is 2. The van der Waals surface area contributed by atoms with Gasteiger partial charge in [-0.1, -0.05) is 37.6 Å². The number of methoxy groups -OCH3 is 2. The van der Waals surface area contributed by atoms with Crippen molar-refractivity contribution >= 4 is 11.9 Å². The lowest BCUT2D eigenvalue weighted by Crippen LogP contribution is -2.23. The van der Waals surface area contributed by atoms with Crippen LogP contribution in [0.25, 0.3) is 0 Å². The van der Waals surface area contributed by atoms with Gasteiger partial charge in [0.15, 0.2) is 0 Å². The number of carbonyl (C=O) groups excluding carboxylic acids is 1. The van der Waals surface area contributed by atoms with Crippen molar-refractivity contribution in [2.75, 3.05) is 14.2 Å². The molecule has 184 valence electrons. The number of carboxylic acid groups (broad SMARTS) is 1. The number of hydrogen-bond donors (Lipinski definition) is 2. The number of nitrogens with one attached hydrogen (secondary N) is 1. The lowest BCUT2D eigenvalue weighted by Gasteiger charge is -2.17. The topological polar surface area (TPSA) is 94.1 Å².